The molecule has 1 saturated carbocycles. The summed E-state index contributed by atoms with van der Waals surface area (Å²) in [5, 5.41) is 7.28. The molecule has 1 aliphatic carbocycles. The van der Waals surface area contributed by atoms with Crippen LogP contribution in [0.2, 0.25) is 0 Å². The zero-order valence-electron chi connectivity index (χ0n) is 12.4. The van der Waals surface area contributed by atoms with Crippen LogP contribution in [0, 0.1) is 56.3 Å². The van der Waals surface area contributed by atoms with Gasteiger partial charge in [0.05, 0.1) is 0 Å². The molecule has 0 heterocycles. The zero-order chi connectivity index (χ0) is 13.6. The summed E-state index contributed by atoms with van der Waals surface area (Å²) in [5.41, 5.74) is 0. The molecular weight excluding hydrogens is 464 g/mol. The molecule has 0 aromatic carbocycles. The van der Waals surface area contributed by atoms with Crippen LogP contribution in [-0.2, 0) is 9.47 Å². The van der Waals surface area contributed by atoms with Crippen molar-refractivity contribution in [3.63, 3.8) is 0 Å². The average molecular weight is 493 g/mol. The molecule has 1 N–H and O–H groups in total. The van der Waals surface area contributed by atoms with Crippen LogP contribution >= 0.6 is 0 Å². The maximum atomic E-state index is 7.28. The smallest absolute Gasteiger partial charge is 0.514 e. The van der Waals surface area contributed by atoms with E-state index in [2.05, 4.69) is 20.8 Å². The van der Waals surface area contributed by atoms with Gasteiger partial charge in [-0.3, -0.25) is 5.41 Å². The Morgan fingerprint density at radius 2 is 1.84 bits per heavy atom. The molecule has 0 atom stereocenters. The van der Waals surface area contributed by atoms with Gasteiger partial charge in [-0.2, -0.15) is 0 Å². The van der Waals surface area contributed by atoms with E-state index in [4.69, 9.17) is 14.9 Å². The fourth-order valence-corrected chi connectivity index (χ4v) is 1.63. The van der Waals surface area contributed by atoms with Crippen LogP contribution in [0.25, 0.3) is 0 Å². The number of hydrogen-bond acceptors (Lipinski definition) is 3. The predicted octanol–water partition coefficient (Wildman–Crippen LogP) is 4.03. The maximum absolute atomic E-state index is 7.28. The van der Waals surface area contributed by atoms with Gasteiger partial charge in [0, 0.05) is 12.5 Å². The summed E-state index contributed by atoms with van der Waals surface area (Å²) >= 11 is 0. The number of hydrogen-bond donors (Lipinski definition) is 1. The van der Waals surface area contributed by atoms with Gasteiger partial charge in [0.15, 0.2) is 5.90 Å². The van der Waals surface area contributed by atoms with Gasteiger partial charge in [-0.1, -0.05) is 39.2 Å². The predicted molar refractivity (Wildman–Crippen MR) is 76.7 cm³/mol. The second-order valence-electron chi connectivity index (χ2n) is 4.51. The van der Waals surface area contributed by atoms with Gasteiger partial charge < -0.3 is 23.3 Å². The van der Waals surface area contributed by atoms with Gasteiger partial charge in [-0.25, -0.2) is 0 Å². The Balaban J connectivity index is 0. The summed E-state index contributed by atoms with van der Waals surface area (Å²) in [4.78, 5) is 0. The topological polar surface area (TPSA) is 42.3 Å². The Morgan fingerprint density at radius 3 is 2.26 bits per heavy atom. The number of ether oxygens (including phenoxy) is 2. The molecule has 0 unspecified atom stereocenters. The molecule has 0 aromatic rings. The number of unbranched alkanes of at least 4 members (excludes halogenated alkanes) is 3. The minimum atomic E-state index is 0. The van der Waals surface area contributed by atoms with Crippen LogP contribution in [0.5, 0.6) is 0 Å². The fourth-order valence-electron chi connectivity index (χ4n) is 1.63. The van der Waals surface area contributed by atoms with Crippen molar-refractivity contribution in [1.82, 2.24) is 0 Å². The minimum absolute atomic E-state index is 0. The zero-order valence-corrected chi connectivity index (χ0v) is 16.5. The van der Waals surface area contributed by atoms with Crippen LogP contribution in [0.3, 0.4) is 0 Å². The van der Waals surface area contributed by atoms with Crippen LogP contribution in [0.4, 0.5) is 0 Å². The van der Waals surface area contributed by atoms with E-state index in [-0.39, 0.29) is 31.1 Å². The Bertz CT molecular complexity index is 191. The molecule has 0 saturated heterocycles. The van der Waals surface area contributed by atoms with E-state index in [1.807, 2.05) is 0 Å². The summed E-state index contributed by atoms with van der Waals surface area (Å²) < 4.78 is 9.99. The summed E-state index contributed by atoms with van der Waals surface area (Å²) in [5.74, 6) is 0.864. The second-order valence-corrected chi connectivity index (χ2v) is 4.51. The molecule has 0 aliphatic heterocycles. The van der Waals surface area contributed by atoms with Crippen molar-refractivity contribution in [1.29, 1.82) is 5.41 Å². The van der Waals surface area contributed by atoms with Gasteiger partial charge in [0.2, 0.25) is 0 Å². The molecule has 0 aromatic heterocycles. The molecule has 1 fully saturated rings. The van der Waals surface area contributed by atoms with E-state index in [1.165, 1.54) is 32.1 Å². The monoisotopic (exact) mass is 493 g/mol. The minimum Gasteiger partial charge on any atom is -0.514 e. The van der Waals surface area contributed by atoms with Crippen molar-refractivity contribution in [3.05, 3.63) is 13.8 Å². The third kappa shape index (κ3) is 13.2. The second kappa shape index (κ2) is 16.5. The Morgan fingerprint density at radius 1 is 1.16 bits per heavy atom. The standard InChI is InChI=1S/C8H17O.C7H12NO.U/c1-3-5-6-7-8-9-4-2;1-2-9-7(8)6-4-3-5-6;/h2-8H2,1H3;6,8H,1-5H2;/q2*-1;+2. The van der Waals surface area contributed by atoms with Crippen molar-refractivity contribution in [3.8, 4) is 0 Å². The molecule has 0 bridgehead atoms. The van der Waals surface area contributed by atoms with E-state index < -0.39 is 0 Å². The van der Waals surface area contributed by atoms with E-state index >= 15 is 0 Å². The summed E-state index contributed by atoms with van der Waals surface area (Å²) in [6.07, 6.45) is 8.66. The molecule has 0 amide bonds. The first-order valence-electron chi connectivity index (χ1n) is 7.13. The summed E-state index contributed by atoms with van der Waals surface area (Å²) in [6.45, 7) is 11.2. The van der Waals surface area contributed by atoms with Crippen molar-refractivity contribution >= 4 is 5.90 Å². The normalized spacial score (nSPS) is 13.6. The van der Waals surface area contributed by atoms with Crippen LogP contribution < -0.4 is 0 Å². The SMILES string of the molecule is [CH2-]COC(=N)C1CCC1.[CH2-]COCCCCCC.[U+2]. The first kappa shape index (κ1) is 21.8. The van der Waals surface area contributed by atoms with E-state index in [1.54, 1.807) is 0 Å². The molecule has 110 valence electrons. The fraction of sp³-hybridized carbons (Fsp3) is 0.800. The van der Waals surface area contributed by atoms with Gasteiger partial charge in [-0.05, 0) is 25.9 Å². The molecule has 19 heavy (non-hydrogen) atoms. The Labute approximate surface area is 143 Å². The van der Waals surface area contributed by atoms with Crippen LogP contribution in [0.1, 0.15) is 51.9 Å². The number of nitrogens with one attached hydrogen (secondary N) is 1. The third-order valence-corrected chi connectivity index (χ3v) is 3.02. The van der Waals surface area contributed by atoms with Gasteiger partial charge >= 0.3 is 31.1 Å². The average Bonchev–Trinajstić information content (AvgIpc) is 2.28. The van der Waals surface area contributed by atoms with Crippen molar-refractivity contribution in [2.45, 2.75) is 51.9 Å². The molecule has 4 heteroatoms. The molecule has 0 radical (unpaired) electrons. The first-order valence-corrected chi connectivity index (χ1v) is 7.13. The summed E-state index contributed by atoms with van der Waals surface area (Å²) in [7, 11) is 0. The van der Waals surface area contributed by atoms with Gasteiger partial charge in [0.25, 0.3) is 0 Å². The molecule has 1 aliphatic rings. The molecule has 1 rings (SSSR count). The Hall–Kier alpha value is 0.482. The van der Waals surface area contributed by atoms with Crippen molar-refractivity contribution in [2.24, 2.45) is 5.92 Å². The van der Waals surface area contributed by atoms with E-state index in [9.17, 15) is 0 Å². The van der Waals surface area contributed by atoms with E-state index in [0.29, 0.717) is 25.0 Å². The van der Waals surface area contributed by atoms with E-state index in [0.717, 1.165) is 19.4 Å². The summed E-state index contributed by atoms with van der Waals surface area (Å²) in [6, 6.07) is 0. The quantitative estimate of drug-likeness (QED) is 0.240. The van der Waals surface area contributed by atoms with Crippen LogP contribution in [-0.4, -0.2) is 25.7 Å². The maximum Gasteiger partial charge on any atom is 2.00 e. The van der Waals surface area contributed by atoms with Gasteiger partial charge in [-0.15, -0.1) is 0 Å². The largest absolute Gasteiger partial charge is 2.00 e. The third-order valence-electron chi connectivity index (χ3n) is 3.02. The molecule has 0 spiro atoms. The molecule has 3 nitrogen and oxygen atoms in total. The molecular formula is C15H29NO2U. The first-order chi connectivity index (χ1) is 8.76. The van der Waals surface area contributed by atoms with Gasteiger partial charge in [0.1, 0.15) is 0 Å². The van der Waals surface area contributed by atoms with Crippen molar-refractivity contribution < 1.29 is 40.6 Å². The number of rotatable bonds is 8. The van der Waals surface area contributed by atoms with Crippen molar-refractivity contribution in [2.75, 3.05) is 19.8 Å². The Kier molecular flexibility index (Phi) is 19.0. The van der Waals surface area contributed by atoms with Crippen LogP contribution in [0.15, 0.2) is 0 Å².